The Morgan fingerprint density at radius 1 is 0.400 bits per heavy atom. The number of hydrogen-bond donors (Lipinski definition) is 0. The van der Waals surface area contributed by atoms with Crippen LogP contribution in [0.2, 0.25) is 0 Å². The first-order valence-electron chi connectivity index (χ1n) is 0. The summed E-state index contributed by atoms with van der Waals surface area (Å²) < 4.78 is 0. The fourth-order valence-corrected chi connectivity index (χ4v) is 0. The average molecular weight is 257 g/mol. The molecule has 0 aliphatic carbocycles. The van der Waals surface area contributed by atoms with Gasteiger partial charge in [0, 0.05) is 48.9 Å². The second-order valence-corrected chi connectivity index (χ2v) is 0. The molecule has 0 aromatic heterocycles. The standard InChI is InChI=1S/4Al.Ba.12H. The van der Waals surface area contributed by atoms with Crippen LogP contribution in [0.25, 0.3) is 0 Å². The largest absolute Gasteiger partial charge is 0.187 e. The zero-order chi connectivity index (χ0) is 0. The summed E-state index contributed by atoms with van der Waals surface area (Å²) in [4.78, 5) is 0. The van der Waals surface area contributed by atoms with Gasteiger partial charge >= 0.3 is 0 Å². The Kier molecular flexibility index (Phi) is 190. The molecule has 5 heteroatoms. The summed E-state index contributed by atoms with van der Waals surface area (Å²) in [6.07, 6.45) is 0. The number of rotatable bonds is 0. The van der Waals surface area contributed by atoms with Crippen molar-refractivity contribution >= 4 is 118 Å². The molecule has 0 aromatic rings. The Labute approximate surface area is 115 Å². The average Bonchev–Trinajstić information content (AvgIpc) is 0. The molecule has 0 aliphatic heterocycles. The van der Waals surface area contributed by atoms with Crippen molar-refractivity contribution in [3.05, 3.63) is 0 Å². The minimum Gasteiger partial charge on any atom is 0 e. The predicted octanol–water partition coefficient (Wildman–Crippen LogP) is -5.12. The first-order chi connectivity index (χ1) is 0. The summed E-state index contributed by atoms with van der Waals surface area (Å²) in [5, 5.41) is 0. The molecule has 0 amide bonds. The minimum absolute atomic E-state index is 0. The van der Waals surface area contributed by atoms with Crippen molar-refractivity contribution in [3.63, 3.8) is 0 Å². The third-order valence-corrected chi connectivity index (χ3v) is 0. The van der Waals surface area contributed by atoms with E-state index in [0.29, 0.717) is 0 Å². The molecule has 5 heavy (non-hydrogen) atoms. The van der Waals surface area contributed by atoms with Crippen molar-refractivity contribution in [2.24, 2.45) is 0 Å². The van der Waals surface area contributed by atoms with Crippen molar-refractivity contribution in [3.8, 4) is 0 Å². The third-order valence-electron chi connectivity index (χ3n) is 0. The van der Waals surface area contributed by atoms with E-state index in [4.69, 9.17) is 0 Å². The van der Waals surface area contributed by atoms with Crippen LogP contribution in [-0.2, 0) is 0 Å². The molecule has 0 heterocycles. The van der Waals surface area contributed by atoms with Gasteiger partial charge in [0.1, 0.15) is 0 Å². The Bertz CT molecular complexity index is 3.61. The molecule has 0 fully saturated rings. The zero-order valence-corrected chi connectivity index (χ0v) is 5.15. The Morgan fingerprint density at radius 2 is 0.400 bits per heavy atom. The van der Waals surface area contributed by atoms with Crippen molar-refractivity contribution in [1.29, 1.82) is 0 Å². The maximum atomic E-state index is 0. The van der Waals surface area contributed by atoms with Crippen molar-refractivity contribution in [2.45, 2.75) is 0 Å². The van der Waals surface area contributed by atoms with E-state index < -0.39 is 0 Å². The molecule has 0 saturated heterocycles. The van der Waals surface area contributed by atoms with Gasteiger partial charge in [0.2, 0.25) is 0 Å². The van der Waals surface area contributed by atoms with E-state index >= 15 is 0 Å². The molecular formula is H12Al4Ba. The molecule has 26 valence electrons. The molecule has 0 N–H and O–H groups in total. The van der Waals surface area contributed by atoms with Crippen LogP contribution in [-0.4, -0.2) is 118 Å². The van der Waals surface area contributed by atoms with Crippen LogP contribution in [0, 0.1) is 0 Å². The van der Waals surface area contributed by atoms with E-state index in [2.05, 4.69) is 0 Å². The molecule has 0 aromatic carbocycles. The molecule has 0 unspecified atom stereocenters. The normalized spacial score (nSPS) is 0. The van der Waals surface area contributed by atoms with Crippen molar-refractivity contribution < 1.29 is 0 Å². The maximum absolute atomic E-state index is 0. The van der Waals surface area contributed by atoms with Gasteiger partial charge in [-0.2, -0.15) is 0 Å². The van der Waals surface area contributed by atoms with Crippen LogP contribution >= 0.6 is 0 Å². The smallest absolute Gasteiger partial charge is 0 e. The van der Waals surface area contributed by atoms with Gasteiger partial charge in [-0.15, -0.1) is 0 Å². The Balaban J connectivity index is 0. The summed E-state index contributed by atoms with van der Waals surface area (Å²) in [6, 6.07) is 0. The van der Waals surface area contributed by atoms with Crippen molar-refractivity contribution in [1.82, 2.24) is 0 Å². The summed E-state index contributed by atoms with van der Waals surface area (Å²) in [6.45, 7) is 0. The van der Waals surface area contributed by atoms with Gasteiger partial charge in [-0.05, 0) is 0 Å². The van der Waals surface area contributed by atoms with Gasteiger partial charge < -0.3 is 0 Å². The van der Waals surface area contributed by atoms with Crippen LogP contribution in [0.4, 0.5) is 0 Å². The summed E-state index contributed by atoms with van der Waals surface area (Å²) in [7, 11) is 0. The van der Waals surface area contributed by atoms with Crippen LogP contribution in [0.15, 0.2) is 0 Å². The van der Waals surface area contributed by atoms with E-state index in [-0.39, 0.29) is 118 Å². The van der Waals surface area contributed by atoms with E-state index in [9.17, 15) is 0 Å². The van der Waals surface area contributed by atoms with Gasteiger partial charge in [-0.3, -0.25) is 0 Å². The van der Waals surface area contributed by atoms with Crippen LogP contribution in [0.1, 0.15) is 0 Å². The van der Waals surface area contributed by atoms with E-state index in [1.54, 1.807) is 0 Å². The topological polar surface area (TPSA) is 0 Å². The quantitative estimate of drug-likeness (QED) is 0.381. The summed E-state index contributed by atoms with van der Waals surface area (Å²) in [5.41, 5.74) is 0. The monoisotopic (exact) mass is 258 g/mol. The molecule has 0 rings (SSSR count). The minimum atomic E-state index is 0. The molecule has 0 bridgehead atoms. The van der Waals surface area contributed by atoms with Crippen molar-refractivity contribution in [2.75, 3.05) is 0 Å². The van der Waals surface area contributed by atoms with Gasteiger partial charge in [-0.25, -0.2) is 0 Å². The molecular weight excluding hydrogens is 245 g/mol. The van der Waals surface area contributed by atoms with Crippen LogP contribution < -0.4 is 0 Å². The van der Waals surface area contributed by atoms with Gasteiger partial charge in [-0.1, -0.05) is 0 Å². The van der Waals surface area contributed by atoms with E-state index in [0.717, 1.165) is 0 Å². The molecule has 0 atom stereocenters. The van der Waals surface area contributed by atoms with E-state index in [1.165, 1.54) is 0 Å². The SMILES string of the molecule is [AlH3].[AlH3].[AlH3].[AlH3].[Ba]. The summed E-state index contributed by atoms with van der Waals surface area (Å²) >= 11 is 0. The zero-order valence-electron chi connectivity index (χ0n) is 0.707. The van der Waals surface area contributed by atoms with E-state index in [1.807, 2.05) is 0 Å². The molecule has 0 nitrogen and oxygen atoms in total. The third kappa shape index (κ3) is 18.3. The Morgan fingerprint density at radius 3 is 0.400 bits per heavy atom. The van der Waals surface area contributed by atoms with Crippen LogP contribution in [0.5, 0.6) is 0 Å². The predicted molar refractivity (Wildman–Crippen MR) is 45.5 cm³/mol. The second-order valence-electron chi connectivity index (χ2n) is 0. The van der Waals surface area contributed by atoms with Gasteiger partial charge in [0.25, 0.3) is 0 Å². The fraction of sp³-hybridized carbons (Fsp3) is 0. The van der Waals surface area contributed by atoms with Gasteiger partial charge in [0.05, 0.1) is 0 Å². The van der Waals surface area contributed by atoms with Gasteiger partial charge in [0.15, 0.2) is 69.4 Å². The molecule has 0 spiro atoms. The summed E-state index contributed by atoms with van der Waals surface area (Å²) in [5.74, 6) is 0. The number of hydrogen-bond acceptors (Lipinski definition) is 0. The molecule has 0 aliphatic rings. The maximum Gasteiger partial charge on any atom is 0.187 e. The first kappa shape index (κ1) is 37.7. The first-order valence-corrected chi connectivity index (χ1v) is 0. The van der Waals surface area contributed by atoms with Crippen LogP contribution in [0.3, 0.4) is 0 Å². The Hall–Kier alpha value is 3.70. The molecule has 2 radical (unpaired) electrons. The fourth-order valence-electron chi connectivity index (χ4n) is 0. The molecule has 0 saturated carbocycles. The second kappa shape index (κ2) is 25.2.